The second-order valence-corrected chi connectivity index (χ2v) is 9.85. The van der Waals surface area contributed by atoms with E-state index in [1.807, 2.05) is 48.5 Å². The first kappa shape index (κ1) is 25.7. The normalized spacial score (nSPS) is 21.1. The molecule has 0 aliphatic carbocycles. The first-order valence-electron chi connectivity index (χ1n) is 12.9. The van der Waals surface area contributed by atoms with Gasteiger partial charge in [0.15, 0.2) is 0 Å². The summed E-state index contributed by atoms with van der Waals surface area (Å²) in [4.78, 5) is 49.8. The Kier molecular flexibility index (Phi) is 7.59. The molecule has 2 unspecified atom stereocenters. The van der Waals surface area contributed by atoms with Gasteiger partial charge in [-0.15, -0.1) is 0 Å². The van der Waals surface area contributed by atoms with E-state index in [0.717, 1.165) is 35.4 Å². The van der Waals surface area contributed by atoms with E-state index in [2.05, 4.69) is 24.9 Å². The average Bonchev–Trinajstić information content (AvgIpc) is 3.28. The second kappa shape index (κ2) is 11.2. The predicted octanol–water partition coefficient (Wildman–Crippen LogP) is 2.31. The van der Waals surface area contributed by atoms with Crippen LogP contribution in [0.15, 0.2) is 58.3 Å². The Labute approximate surface area is 222 Å². The van der Waals surface area contributed by atoms with Crippen molar-refractivity contribution in [2.75, 3.05) is 47.4 Å². The van der Waals surface area contributed by atoms with Gasteiger partial charge >= 0.3 is 0 Å². The van der Waals surface area contributed by atoms with Crippen LogP contribution in [0.2, 0.25) is 0 Å². The lowest BCUT2D eigenvalue weighted by molar-refractivity contribution is -0.128. The molecule has 2 aromatic rings. The Balaban J connectivity index is 1.28. The molecule has 10 nitrogen and oxygen atoms in total. The predicted molar refractivity (Wildman–Crippen MR) is 145 cm³/mol. The van der Waals surface area contributed by atoms with E-state index in [-0.39, 0.29) is 29.8 Å². The van der Waals surface area contributed by atoms with Gasteiger partial charge in [0.25, 0.3) is 11.8 Å². The number of aliphatic imine (C=N–C) groups is 2. The number of hydrogen-bond acceptors (Lipinski definition) is 8. The number of methoxy groups -OCH3 is 1. The number of carbonyl (C=O) groups is 2. The number of likely N-dealkylation sites (N-methyl/N-ethyl adjacent to an activating group) is 1. The molecule has 3 aliphatic heterocycles. The lowest BCUT2D eigenvalue weighted by atomic mass is 9.91. The van der Waals surface area contributed by atoms with E-state index in [4.69, 9.17) is 4.74 Å². The molecule has 4 heterocycles. The van der Waals surface area contributed by atoms with Crippen LogP contribution in [0.3, 0.4) is 0 Å². The molecule has 3 aliphatic rings. The standard InChI is InChI=1S/C28H33N7O3/c1-33(13-14-38-3)27(36)23-17-30-22(16-31-23)19-9-11-35(12-10-19)28(37)24-21-15-29-18-32-26(21)34(2)25(24)20-7-5-4-6-8-20/h4-8,15-19,21,26H,9-14H2,1-3H3. The Morgan fingerprint density at radius 3 is 2.55 bits per heavy atom. The summed E-state index contributed by atoms with van der Waals surface area (Å²) in [5.74, 6) is -0.136. The van der Waals surface area contributed by atoms with Crippen molar-refractivity contribution in [1.29, 1.82) is 0 Å². The highest BCUT2D eigenvalue weighted by molar-refractivity contribution is 6.07. The summed E-state index contributed by atoms with van der Waals surface area (Å²) in [6.45, 7) is 2.20. The smallest absolute Gasteiger partial charge is 0.273 e. The maximum atomic E-state index is 13.9. The minimum Gasteiger partial charge on any atom is -0.383 e. The highest BCUT2D eigenvalue weighted by atomic mass is 16.5. The molecule has 10 heteroatoms. The highest BCUT2D eigenvalue weighted by Gasteiger charge is 2.44. The second-order valence-electron chi connectivity index (χ2n) is 9.85. The van der Waals surface area contributed by atoms with Crippen molar-refractivity contribution in [3.8, 4) is 0 Å². The Hall–Kier alpha value is -3.92. The number of fused-ring (bicyclic) bond motifs is 1. The number of aromatic nitrogens is 2. The van der Waals surface area contributed by atoms with Gasteiger partial charge in [0.1, 0.15) is 18.2 Å². The molecule has 0 bridgehead atoms. The van der Waals surface area contributed by atoms with Crippen molar-refractivity contribution < 1.29 is 14.3 Å². The third-order valence-corrected chi connectivity index (χ3v) is 7.54. The number of nitrogens with zero attached hydrogens (tertiary/aromatic N) is 7. The van der Waals surface area contributed by atoms with Crippen LogP contribution in [-0.2, 0) is 9.53 Å². The van der Waals surface area contributed by atoms with Gasteiger partial charge < -0.3 is 19.4 Å². The summed E-state index contributed by atoms with van der Waals surface area (Å²) >= 11 is 0. The number of rotatable bonds is 7. The van der Waals surface area contributed by atoms with Gasteiger partial charge in [0.2, 0.25) is 0 Å². The van der Waals surface area contributed by atoms with Crippen LogP contribution in [0.5, 0.6) is 0 Å². The van der Waals surface area contributed by atoms with Gasteiger partial charge in [-0.25, -0.2) is 15.0 Å². The average molecular weight is 516 g/mol. The number of carbonyl (C=O) groups excluding carboxylic acids is 2. The van der Waals surface area contributed by atoms with Gasteiger partial charge in [-0.3, -0.25) is 14.6 Å². The molecule has 1 aromatic carbocycles. The molecule has 0 spiro atoms. The Bertz CT molecular complexity index is 1250. The number of piperidine rings is 1. The van der Waals surface area contributed by atoms with Gasteiger partial charge in [-0.2, -0.15) is 0 Å². The van der Waals surface area contributed by atoms with Crippen LogP contribution in [0, 0.1) is 5.92 Å². The molecule has 38 heavy (non-hydrogen) atoms. The number of amides is 2. The number of likely N-dealkylation sites (tertiary alicyclic amines) is 1. The molecule has 0 saturated carbocycles. The zero-order valence-electron chi connectivity index (χ0n) is 22.0. The van der Waals surface area contributed by atoms with E-state index >= 15 is 0 Å². The molecule has 2 amide bonds. The minimum absolute atomic E-state index is 0.0383. The van der Waals surface area contributed by atoms with Crippen LogP contribution in [0.1, 0.15) is 40.5 Å². The summed E-state index contributed by atoms with van der Waals surface area (Å²) in [5.41, 5.74) is 3.84. The third-order valence-electron chi connectivity index (χ3n) is 7.54. The molecule has 0 radical (unpaired) electrons. The zero-order chi connectivity index (χ0) is 26.6. The lowest BCUT2D eigenvalue weighted by Crippen LogP contribution is -2.41. The SMILES string of the molecule is COCCN(C)C(=O)c1cnc(C2CCN(C(=O)C3=C(c4ccccc4)N(C)C4N=CN=CC34)CC2)cn1. The molecular weight excluding hydrogens is 482 g/mol. The molecule has 2 atom stereocenters. The first-order valence-corrected chi connectivity index (χ1v) is 12.9. The molecule has 198 valence electrons. The topological polar surface area (TPSA) is 104 Å². The van der Waals surface area contributed by atoms with Crippen LogP contribution in [0.25, 0.3) is 5.70 Å². The van der Waals surface area contributed by atoms with Crippen molar-refractivity contribution in [3.05, 3.63) is 65.2 Å². The van der Waals surface area contributed by atoms with E-state index < -0.39 is 0 Å². The summed E-state index contributed by atoms with van der Waals surface area (Å²) in [7, 11) is 5.32. The lowest BCUT2D eigenvalue weighted by Gasteiger charge is -2.33. The van der Waals surface area contributed by atoms with E-state index in [9.17, 15) is 9.59 Å². The fraction of sp³-hybridized carbons (Fsp3) is 0.429. The number of benzene rings is 1. The molecule has 1 saturated heterocycles. The van der Waals surface area contributed by atoms with Crippen LogP contribution in [-0.4, -0.2) is 103 Å². The molecule has 1 fully saturated rings. The molecule has 0 N–H and O–H groups in total. The fourth-order valence-corrected chi connectivity index (χ4v) is 5.38. The summed E-state index contributed by atoms with van der Waals surface area (Å²) in [5, 5.41) is 0. The van der Waals surface area contributed by atoms with E-state index in [0.29, 0.717) is 31.9 Å². The van der Waals surface area contributed by atoms with Crippen LogP contribution < -0.4 is 0 Å². The molecule has 1 aromatic heterocycles. The summed E-state index contributed by atoms with van der Waals surface area (Å²) in [6, 6.07) is 10.0. The van der Waals surface area contributed by atoms with Gasteiger partial charge in [-0.05, 0) is 18.4 Å². The van der Waals surface area contributed by atoms with Crippen molar-refractivity contribution in [2.45, 2.75) is 24.9 Å². The Morgan fingerprint density at radius 2 is 1.87 bits per heavy atom. The zero-order valence-corrected chi connectivity index (χ0v) is 22.0. The van der Waals surface area contributed by atoms with Crippen LogP contribution >= 0.6 is 0 Å². The van der Waals surface area contributed by atoms with E-state index in [1.54, 1.807) is 37.8 Å². The first-order chi connectivity index (χ1) is 18.5. The van der Waals surface area contributed by atoms with Crippen molar-refractivity contribution in [3.63, 3.8) is 0 Å². The monoisotopic (exact) mass is 515 g/mol. The van der Waals surface area contributed by atoms with Crippen molar-refractivity contribution >= 4 is 30.1 Å². The summed E-state index contributed by atoms with van der Waals surface area (Å²) in [6.07, 6.45) is 8.06. The minimum atomic E-state index is -0.181. The quantitative estimate of drug-likeness (QED) is 0.561. The highest BCUT2D eigenvalue weighted by Crippen LogP contribution is 2.41. The third kappa shape index (κ3) is 4.96. The van der Waals surface area contributed by atoms with Gasteiger partial charge in [-0.1, -0.05) is 30.3 Å². The maximum Gasteiger partial charge on any atom is 0.273 e. The van der Waals surface area contributed by atoms with Gasteiger partial charge in [0, 0.05) is 59.2 Å². The van der Waals surface area contributed by atoms with E-state index in [1.165, 1.54) is 0 Å². The fourth-order valence-electron chi connectivity index (χ4n) is 5.38. The number of ether oxygens (including phenoxy) is 1. The largest absolute Gasteiger partial charge is 0.383 e. The summed E-state index contributed by atoms with van der Waals surface area (Å²) < 4.78 is 5.04. The van der Waals surface area contributed by atoms with Crippen molar-refractivity contribution in [2.24, 2.45) is 15.9 Å². The number of hydrogen-bond donors (Lipinski definition) is 0. The molecule has 5 rings (SSSR count). The Morgan fingerprint density at radius 1 is 1.11 bits per heavy atom. The maximum absolute atomic E-state index is 13.9. The molecular formula is C28H33N7O3. The van der Waals surface area contributed by atoms with Gasteiger partial charge in [0.05, 0.1) is 35.7 Å². The van der Waals surface area contributed by atoms with Crippen molar-refractivity contribution in [1.82, 2.24) is 24.7 Å². The van der Waals surface area contributed by atoms with Crippen LogP contribution in [0.4, 0.5) is 0 Å².